The summed E-state index contributed by atoms with van der Waals surface area (Å²) in [5.41, 5.74) is 4.90. The largest absolute Gasteiger partial charge is 0.347 e. The van der Waals surface area contributed by atoms with Gasteiger partial charge in [-0.1, -0.05) is 0 Å². The molecule has 94 valence electrons. The summed E-state index contributed by atoms with van der Waals surface area (Å²) >= 11 is 1.62. The number of aromatic nitrogens is 2. The molecule has 0 unspecified atom stereocenters. The number of hydrazine groups is 1. The highest BCUT2D eigenvalue weighted by Crippen LogP contribution is 2.13. The van der Waals surface area contributed by atoms with E-state index in [0.29, 0.717) is 12.4 Å². The Hall–Kier alpha value is -1.99. The van der Waals surface area contributed by atoms with Crippen LogP contribution in [0.4, 0.5) is 5.82 Å². The Morgan fingerprint density at radius 2 is 2.22 bits per heavy atom. The number of carbonyl (C=O) groups excluding carboxylic acids is 1. The van der Waals surface area contributed by atoms with E-state index in [1.54, 1.807) is 23.5 Å². The molecule has 2 aromatic rings. The Labute approximate surface area is 108 Å². The number of nitrogens with zero attached hydrogens (tertiary/aromatic N) is 2. The third-order valence-electron chi connectivity index (χ3n) is 2.45. The van der Waals surface area contributed by atoms with E-state index >= 15 is 0 Å². The molecule has 0 atom stereocenters. The first-order chi connectivity index (χ1) is 8.70. The monoisotopic (exact) mass is 263 g/mol. The van der Waals surface area contributed by atoms with Crippen LogP contribution in [0.15, 0.2) is 22.9 Å². The van der Waals surface area contributed by atoms with Gasteiger partial charge in [0.25, 0.3) is 5.91 Å². The van der Waals surface area contributed by atoms with Crippen molar-refractivity contribution >= 4 is 23.1 Å². The first-order valence-corrected chi connectivity index (χ1v) is 6.25. The third-order valence-corrected chi connectivity index (χ3v) is 3.36. The number of aryl methyl sites for hydroxylation is 1. The maximum absolute atomic E-state index is 11.8. The number of nitrogen functional groups attached to an aromatic ring is 1. The molecule has 6 nitrogen and oxygen atoms in total. The number of hydrogen-bond acceptors (Lipinski definition) is 6. The van der Waals surface area contributed by atoms with Gasteiger partial charge in [-0.3, -0.25) is 4.79 Å². The zero-order valence-corrected chi connectivity index (χ0v) is 10.6. The first-order valence-electron chi connectivity index (χ1n) is 5.31. The number of rotatable bonds is 4. The van der Waals surface area contributed by atoms with Gasteiger partial charge in [0.1, 0.15) is 0 Å². The predicted octanol–water partition coefficient (Wildman–Crippen LogP) is 1.06. The van der Waals surface area contributed by atoms with Crippen LogP contribution in [-0.4, -0.2) is 16.1 Å². The van der Waals surface area contributed by atoms with Gasteiger partial charge < -0.3 is 10.7 Å². The molecule has 0 aliphatic heterocycles. The maximum atomic E-state index is 11.8. The second-order valence-corrected chi connectivity index (χ2v) is 4.45. The van der Waals surface area contributed by atoms with Crippen LogP contribution >= 0.6 is 11.3 Å². The van der Waals surface area contributed by atoms with E-state index in [9.17, 15) is 4.79 Å². The van der Waals surface area contributed by atoms with Crippen LogP contribution in [0.2, 0.25) is 0 Å². The van der Waals surface area contributed by atoms with Crippen molar-refractivity contribution in [3.8, 4) is 0 Å². The minimum absolute atomic E-state index is 0.253. The summed E-state index contributed by atoms with van der Waals surface area (Å²) in [5.74, 6) is 5.33. The Morgan fingerprint density at radius 1 is 1.39 bits per heavy atom. The smallest absolute Gasteiger partial charge is 0.272 e. The number of carbonyl (C=O) groups is 1. The molecule has 0 aromatic carbocycles. The highest BCUT2D eigenvalue weighted by Gasteiger charge is 2.08. The van der Waals surface area contributed by atoms with E-state index in [2.05, 4.69) is 20.9 Å². The molecule has 7 heteroatoms. The van der Waals surface area contributed by atoms with Gasteiger partial charge >= 0.3 is 0 Å². The van der Waals surface area contributed by atoms with Crippen molar-refractivity contribution in [2.24, 2.45) is 5.84 Å². The number of thiophene rings is 1. The average molecular weight is 263 g/mol. The van der Waals surface area contributed by atoms with Crippen molar-refractivity contribution < 1.29 is 4.79 Å². The second kappa shape index (κ2) is 5.56. The maximum Gasteiger partial charge on any atom is 0.272 e. The Morgan fingerprint density at radius 3 is 2.78 bits per heavy atom. The molecular weight excluding hydrogens is 250 g/mol. The molecule has 0 radical (unpaired) electrons. The molecule has 1 amide bonds. The number of nitrogens with one attached hydrogen (secondary N) is 2. The van der Waals surface area contributed by atoms with Gasteiger partial charge in [-0.2, -0.15) is 11.3 Å². The molecule has 0 bridgehead atoms. The van der Waals surface area contributed by atoms with Gasteiger partial charge in [0.05, 0.1) is 0 Å². The van der Waals surface area contributed by atoms with Crippen molar-refractivity contribution in [3.63, 3.8) is 0 Å². The second-order valence-electron chi connectivity index (χ2n) is 3.71. The van der Waals surface area contributed by atoms with E-state index in [1.165, 1.54) is 5.56 Å². The summed E-state index contributed by atoms with van der Waals surface area (Å²) < 4.78 is 0. The molecule has 0 saturated heterocycles. The summed E-state index contributed by atoms with van der Waals surface area (Å²) in [5, 5.41) is 14.4. The Balaban J connectivity index is 1.97. The average Bonchev–Trinajstić information content (AvgIpc) is 2.81. The molecule has 2 heterocycles. The van der Waals surface area contributed by atoms with Crippen molar-refractivity contribution in [2.45, 2.75) is 13.5 Å². The SMILES string of the molecule is Cc1cscc1CNC(=O)c1ccc(NN)nn1. The lowest BCUT2D eigenvalue weighted by atomic mass is 10.2. The van der Waals surface area contributed by atoms with Gasteiger partial charge in [-0.05, 0) is 40.9 Å². The van der Waals surface area contributed by atoms with E-state index < -0.39 is 0 Å². The van der Waals surface area contributed by atoms with Gasteiger partial charge in [-0.25, -0.2) is 5.84 Å². The standard InChI is InChI=1S/C11H13N5OS/c1-7-5-18-6-8(7)4-13-11(17)9-2-3-10(14-12)16-15-9/h2-3,5-6H,4,12H2,1H3,(H,13,17)(H,14,16). The topological polar surface area (TPSA) is 92.9 Å². The lowest BCUT2D eigenvalue weighted by Crippen LogP contribution is -2.24. The van der Waals surface area contributed by atoms with E-state index in [1.807, 2.05) is 17.7 Å². The van der Waals surface area contributed by atoms with Crippen molar-refractivity contribution in [3.05, 3.63) is 39.7 Å². The summed E-state index contributed by atoms with van der Waals surface area (Å²) in [7, 11) is 0. The van der Waals surface area contributed by atoms with Crippen LogP contribution in [0.3, 0.4) is 0 Å². The molecule has 0 saturated carbocycles. The van der Waals surface area contributed by atoms with E-state index in [0.717, 1.165) is 5.56 Å². The quantitative estimate of drug-likeness (QED) is 0.566. The predicted molar refractivity (Wildman–Crippen MR) is 70.1 cm³/mol. The first kappa shape index (κ1) is 12.5. The fraction of sp³-hybridized carbons (Fsp3) is 0.182. The van der Waals surface area contributed by atoms with E-state index in [-0.39, 0.29) is 11.6 Å². The van der Waals surface area contributed by atoms with Crippen LogP contribution < -0.4 is 16.6 Å². The lowest BCUT2D eigenvalue weighted by molar-refractivity contribution is 0.0945. The number of amides is 1. The van der Waals surface area contributed by atoms with Crippen LogP contribution in [-0.2, 0) is 6.54 Å². The van der Waals surface area contributed by atoms with Gasteiger partial charge in [-0.15, -0.1) is 10.2 Å². The van der Waals surface area contributed by atoms with Crippen molar-refractivity contribution in [1.82, 2.24) is 15.5 Å². The molecular formula is C11H13N5OS. The molecule has 0 aliphatic rings. The van der Waals surface area contributed by atoms with Gasteiger partial charge in [0, 0.05) is 6.54 Å². The Bertz CT molecular complexity index is 537. The molecule has 0 aliphatic carbocycles. The third kappa shape index (κ3) is 2.82. The zero-order valence-electron chi connectivity index (χ0n) is 9.80. The molecule has 0 fully saturated rings. The minimum atomic E-state index is -0.253. The van der Waals surface area contributed by atoms with Crippen molar-refractivity contribution in [2.75, 3.05) is 5.43 Å². The minimum Gasteiger partial charge on any atom is -0.347 e. The molecule has 2 rings (SSSR count). The number of nitrogens with two attached hydrogens (primary N) is 1. The molecule has 0 spiro atoms. The van der Waals surface area contributed by atoms with E-state index in [4.69, 9.17) is 5.84 Å². The van der Waals surface area contributed by atoms with Crippen LogP contribution in [0.1, 0.15) is 21.6 Å². The number of hydrogen-bond donors (Lipinski definition) is 3. The lowest BCUT2D eigenvalue weighted by Gasteiger charge is -2.04. The molecule has 4 N–H and O–H groups in total. The normalized spacial score (nSPS) is 10.1. The van der Waals surface area contributed by atoms with Crippen molar-refractivity contribution in [1.29, 1.82) is 0 Å². The highest BCUT2D eigenvalue weighted by molar-refractivity contribution is 7.08. The zero-order chi connectivity index (χ0) is 13.0. The summed E-state index contributed by atoms with van der Waals surface area (Å²) in [4.78, 5) is 11.8. The summed E-state index contributed by atoms with van der Waals surface area (Å²) in [6.07, 6.45) is 0. The fourth-order valence-corrected chi connectivity index (χ4v) is 2.22. The summed E-state index contributed by atoms with van der Waals surface area (Å²) in [6.45, 7) is 2.51. The number of anilines is 1. The van der Waals surface area contributed by atoms with Crippen LogP contribution in [0.25, 0.3) is 0 Å². The fourth-order valence-electron chi connectivity index (χ4n) is 1.36. The van der Waals surface area contributed by atoms with Crippen LogP contribution in [0, 0.1) is 6.92 Å². The van der Waals surface area contributed by atoms with Gasteiger partial charge in [0.15, 0.2) is 11.5 Å². The molecule has 2 aromatic heterocycles. The Kier molecular flexibility index (Phi) is 3.85. The van der Waals surface area contributed by atoms with Gasteiger partial charge in [0.2, 0.25) is 0 Å². The summed E-state index contributed by atoms with van der Waals surface area (Å²) in [6, 6.07) is 3.16. The highest BCUT2D eigenvalue weighted by atomic mass is 32.1. The molecule has 18 heavy (non-hydrogen) atoms. The van der Waals surface area contributed by atoms with Crippen LogP contribution in [0.5, 0.6) is 0 Å².